The van der Waals surface area contributed by atoms with E-state index in [1.807, 2.05) is 4.90 Å². The topological polar surface area (TPSA) is 42.4 Å². The van der Waals surface area contributed by atoms with E-state index in [1.54, 1.807) is 11.3 Å². The van der Waals surface area contributed by atoms with Gasteiger partial charge in [-0.2, -0.15) is 0 Å². The first-order chi connectivity index (χ1) is 11.6. The van der Waals surface area contributed by atoms with E-state index >= 15 is 0 Å². The molecule has 1 saturated heterocycles. The van der Waals surface area contributed by atoms with Crippen molar-refractivity contribution < 1.29 is 9.53 Å². The Kier molecular flexibility index (Phi) is 5.39. The molecule has 2 heterocycles. The number of thiazole rings is 1. The first-order valence-electron chi connectivity index (χ1n) is 8.89. The lowest BCUT2D eigenvalue weighted by Crippen LogP contribution is -2.41. The van der Waals surface area contributed by atoms with E-state index in [4.69, 9.17) is 4.74 Å². The SMILES string of the molecule is CCCCC(=O)N1CCC(Oc2nc3c(C)ccc(C)c3s2)CC1. The second-order valence-electron chi connectivity index (χ2n) is 6.66. The lowest BCUT2D eigenvalue weighted by molar-refractivity contribution is -0.133. The Morgan fingerprint density at radius 1 is 1.29 bits per heavy atom. The van der Waals surface area contributed by atoms with Crippen molar-refractivity contribution in [3.63, 3.8) is 0 Å². The molecule has 1 aromatic heterocycles. The predicted octanol–water partition coefficient (Wildman–Crippen LogP) is 4.47. The van der Waals surface area contributed by atoms with Gasteiger partial charge in [0.2, 0.25) is 5.91 Å². The molecule has 4 nitrogen and oxygen atoms in total. The number of ether oxygens (including phenoxy) is 1. The van der Waals surface area contributed by atoms with E-state index < -0.39 is 0 Å². The van der Waals surface area contributed by atoms with Crippen LogP contribution in [0.25, 0.3) is 10.2 Å². The zero-order valence-electron chi connectivity index (χ0n) is 14.8. The number of nitrogens with zero attached hydrogens (tertiary/aromatic N) is 2. The molecule has 1 aliphatic rings. The highest BCUT2D eigenvalue weighted by atomic mass is 32.1. The molecule has 0 saturated carbocycles. The lowest BCUT2D eigenvalue weighted by atomic mass is 10.1. The van der Waals surface area contributed by atoms with Crippen LogP contribution in [0.4, 0.5) is 0 Å². The molecule has 0 bridgehead atoms. The van der Waals surface area contributed by atoms with Gasteiger partial charge in [-0.25, -0.2) is 4.98 Å². The van der Waals surface area contributed by atoms with Gasteiger partial charge in [-0.05, 0) is 31.4 Å². The number of carbonyl (C=O) groups is 1. The molecule has 2 aromatic rings. The minimum Gasteiger partial charge on any atom is -0.467 e. The van der Waals surface area contributed by atoms with E-state index in [9.17, 15) is 4.79 Å². The average Bonchev–Trinajstić information content (AvgIpc) is 3.02. The molecule has 5 heteroatoms. The number of piperidine rings is 1. The molecule has 0 aliphatic carbocycles. The fraction of sp³-hybridized carbons (Fsp3) is 0.579. The summed E-state index contributed by atoms with van der Waals surface area (Å²) in [6.45, 7) is 7.93. The standard InChI is InChI=1S/C19H26N2O2S/c1-4-5-6-16(22)21-11-9-15(10-12-21)23-19-20-17-13(2)7-8-14(3)18(17)24-19/h7-8,15H,4-6,9-12H2,1-3H3. The van der Waals surface area contributed by atoms with Gasteiger partial charge < -0.3 is 9.64 Å². The van der Waals surface area contributed by atoms with Crippen molar-refractivity contribution in [3.05, 3.63) is 23.3 Å². The van der Waals surface area contributed by atoms with Gasteiger partial charge in [0.05, 0.1) is 10.2 Å². The third-order valence-corrected chi connectivity index (χ3v) is 5.81. The summed E-state index contributed by atoms with van der Waals surface area (Å²) in [5.41, 5.74) is 3.50. The minimum atomic E-state index is 0.168. The van der Waals surface area contributed by atoms with Crippen molar-refractivity contribution in [1.82, 2.24) is 9.88 Å². The maximum atomic E-state index is 12.1. The van der Waals surface area contributed by atoms with Crippen molar-refractivity contribution in [2.24, 2.45) is 0 Å². The molecule has 24 heavy (non-hydrogen) atoms. The molecule has 1 fully saturated rings. The van der Waals surface area contributed by atoms with Crippen LogP contribution in [0.3, 0.4) is 0 Å². The van der Waals surface area contributed by atoms with E-state index in [1.165, 1.54) is 15.8 Å². The summed E-state index contributed by atoms with van der Waals surface area (Å²) < 4.78 is 7.35. The molecule has 0 unspecified atom stereocenters. The normalized spacial score (nSPS) is 15.9. The monoisotopic (exact) mass is 346 g/mol. The number of rotatable bonds is 5. The number of likely N-dealkylation sites (tertiary alicyclic amines) is 1. The van der Waals surface area contributed by atoms with Gasteiger partial charge in [0.1, 0.15) is 6.10 Å². The number of unbranched alkanes of at least 4 members (excludes halogenated alkanes) is 1. The van der Waals surface area contributed by atoms with E-state index in [0.717, 1.165) is 49.5 Å². The van der Waals surface area contributed by atoms with Crippen LogP contribution in [0, 0.1) is 13.8 Å². The summed E-state index contributed by atoms with van der Waals surface area (Å²) in [5.74, 6) is 0.293. The molecular formula is C19H26N2O2S. The van der Waals surface area contributed by atoms with Gasteiger partial charge in [0.15, 0.2) is 0 Å². The maximum absolute atomic E-state index is 12.1. The first kappa shape index (κ1) is 17.2. The lowest BCUT2D eigenvalue weighted by Gasteiger charge is -2.31. The van der Waals surface area contributed by atoms with Crippen molar-refractivity contribution in [3.8, 4) is 5.19 Å². The summed E-state index contributed by atoms with van der Waals surface area (Å²) in [6, 6.07) is 4.25. The van der Waals surface area contributed by atoms with Crippen molar-refractivity contribution in [2.45, 2.75) is 59.0 Å². The van der Waals surface area contributed by atoms with E-state index in [-0.39, 0.29) is 6.10 Å². The Bertz CT molecular complexity index is 678. The summed E-state index contributed by atoms with van der Waals surface area (Å²) in [4.78, 5) is 18.8. The highest BCUT2D eigenvalue weighted by Crippen LogP contribution is 2.33. The molecule has 0 radical (unpaired) electrons. The smallest absolute Gasteiger partial charge is 0.274 e. The van der Waals surface area contributed by atoms with Crippen LogP contribution < -0.4 is 4.74 Å². The Labute approximate surface area is 147 Å². The zero-order valence-corrected chi connectivity index (χ0v) is 15.6. The highest BCUT2D eigenvalue weighted by Gasteiger charge is 2.24. The number of aryl methyl sites for hydroxylation is 2. The summed E-state index contributed by atoms with van der Waals surface area (Å²) in [5, 5.41) is 0.762. The van der Waals surface area contributed by atoms with Crippen molar-refractivity contribution >= 4 is 27.5 Å². The number of benzene rings is 1. The number of carbonyl (C=O) groups excluding carboxylic acids is 1. The first-order valence-corrected chi connectivity index (χ1v) is 9.71. The van der Waals surface area contributed by atoms with Crippen molar-refractivity contribution in [2.75, 3.05) is 13.1 Å². The molecule has 1 aliphatic heterocycles. The van der Waals surface area contributed by atoms with Crippen LogP contribution in [0.5, 0.6) is 5.19 Å². The van der Waals surface area contributed by atoms with Crippen LogP contribution in [0.1, 0.15) is 50.2 Å². The quantitative estimate of drug-likeness (QED) is 0.802. The third-order valence-electron chi connectivity index (χ3n) is 4.73. The van der Waals surface area contributed by atoms with Gasteiger partial charge in [-0.1, -0.05) is 36.8 Å². The second kappa shape index (κ2) is 7.51. The summed E-state index contributed by atoms with van der Waals surface area (Å²) >= 11 is 1.64. The average molecular weight is 346 g/mol. The molecule has 0 N–H and O–H groups in total. The third kappa shape index (κ3) is 3.72. The molecule has 0 spiro atoms. The van der Waals surface area contributed by atoms with Crippen LogP contribution in [-0.4, -0.2) is 35.0 Å². The number of aromatic nitrogens is 1. The molecule has 0 atom stereocenters. The molecule has 1 amide bonds. The number of hydrogen-bond acceptors (Lipinski definition) is 4. The second-order valence-corrected chi connectivity index (χ2v) is 7.62. The van der Waals surface area contributed by atoms with E-state index in [2.05, 4.69) is 37.9 Å². The van der Waals surface area contributed by atoms with Gasteiger partial charge >= 0.3 is 0 Å². The Hall–Kier alpha value is -1.62. The van der Waals surface area contributed by atoms with Crippen LogP contribution >= 0.6 is 11.3 Å². The Morgan fingerprint density at radius 2 is 2.00 bits per heavy atom. The predicted molar refractivity (Wildman–Crippen MR) is 98.8 cm³/mol. The van der Waals surface area contributed by atoms with Gasteiger partial charge in [0, 0.05) is 32.4 Å². The molecular weight excluding hydrogens is 320 g/mol. The van der Waals surface area contributed by atoms with Crippen LogP contribution in [-0.2, 0) is 4.79 Å². The summed E-state index contributed by atoms with van der Waals surface area (Å²) in [6.07, 6.45) is 4.69. The zero-order chi connectivity index (χ0) is 17.1. The Morgan fingerprint density at radius 3 is 2.67 bits per heavy atom. The molecule has 130 valence electrons. The fourth-order valence-corrected chi connectivity index (χ4v) is 4.17. The van der Waals surface area contributed by atoms with Crippen molar-refractivity contribution in [1.29, 1.82) is 0 Å². The number of fused-ring (bicyclic) bond motifs is 1. The fourth-order valence-electron chi connectivity index (χ4n) is 3.14. The highest BCUT2D eigenvalue weighted by molar-refractivity contribution is 7.20. The van der Waals surface area contributed by atoms with Crippen LogP contribution in [0.15, 0.2) is 12.1 Å². The molecule has 3 rings (SSSR count). The largest absolute Gasteiger partial charge is 0.467 e. The number of hydrogen-bond donors (Lipinski definition) is 0. The van der Waals surface area contributed by atoms with Gasteiger partial charge in [0.25, 0.3) is 5.19 Å². The summed E-state index contributed by atoms with van der Waals surface area (Å²) in [7, 11) is 0. The Balaban J connectivity index is 1.59. The van der Waals surface area contributed by atoms with Gasteiger partial charge in [-0.3, -0.25) is 4.79 Å². The molecule has 1 aromatic carbocycles. The minimum absolute atomic E-state index is 0.168. The van der Waals surface area contributed by atoms with E-state index in [0.29, 0.717) is 12.3 Å². The number of amides is 1. The van der Waals surface area contributed by atoms with Crippen LogP contribution in [0.2, 0.25) is 0 Å². The van der Waals surface area contributed by atoms with Gasteiger partial charge in [-0.15, -0.1) is 0 Å². The maximum Gasteiger partial charge on any atom is 0.274 e.